The van der Waals surface area contributed by atoms with Gasteiger partial charge in [-0.2, -0.15) is 0 Å². The second kappa shape index (κ2) is 7.10. The molecule has 1 aliphatic heterocycles. The second-order valence-electron chi connectivity index (χ2n) is 6.49. The molecule has 1 amide bonds. The summed E-state index contributed by atoms with van der Waals surface area (Å²) in [5.74, 6) is 0.120. The van der Waals surface area contributed by atoms with Gasteiger partial charge in [0, 0.05) is 26.2 Å². The summed E-state index contributed by atoms with van der Waals surface area (Å²) in [7, 11) is 1.70. The summed E-state index contributed by atoms with van der Waals surface area (Å²) in [6, 6.07) is 0.633. The van der Waals surface area contributed by atoms with Crippen LogP contribution in [-0.4, -0.2) is 50.1 Å². The fraction of sp³-hybridized carbons (Fsp3) is 0.929. The number of amides is 1. The Kier molecular flexibility index (Phi) is 6.09. The Labute approximate surface area is 111 Å². The van der Waals surface area contributed by atoms with Crippen LogP contribution in [-0.2, 0) is 4.79 Å². The maximum atomic E-state index is 11.3. The molecule has 2 N–H and O–H groups in total. The highest BCUT2D eigenvalue weighted by Crippen LogP contribution is 2.18. The Balaban J connectivity index is 2.14. The molecule has 1 heterocycles. The van der Waals surface area contributed by atoms with Crippen LogP contribution in [0, 0.1) is 5.41 Å². The molecule has 106 valence electrons. The highest BCUT2D eigenvalue weighted by Gasteiger charge is 2.20. The van der Waals surface area contributed by atoms with Gasteiger partial charge in [-0.3, -0.25) is 9.69 Å². The topological polar surface area (TPSA) is 44.4 Å². The zero-order valence-corrected chi connectivity index (χ0v) is 12.4. The van der Waals surface area contributed by atoms with Gasteiger partial charge in [0.2, 0.25) is 5.91 Å². The fourth-order valence-electron chi connectivity index (χ4n) is 2.23. The van der Waals surface area contributed by atoms with Gasteiger partial charge in [0.05, 0.1) is 6.54 Å². The van der Waals surface area contributed by atoms with Gasteiger partial charge in [-0.15, -0.1) is 0 Å². The molecule has 0 bridgehead atoms. The van der Waals surface area contributed by atoms with Crippen molar-refractivity contribution < 1.29 is 4.79 Å². The molecule has 4 nitrogen and oxygen atoms in total. The van der Waals surface area contributed by atoms with Crippen molar-refractivity contribution >= 4 is 5.91 Å². The molecule has 18 heavy (non-hydrogen) atoms. The lowest BCUT2D eigenvalue weighted by Crippen LogP contribution is -2.46. The van der Waals surface area contributed by atoms with Gasteiger partial charge in [0.15, 0.2) is 0 Å². The molecule has 0 atom stereocenters. The van der Waals surface area contributed by atoms with Gasteiger partial charge >= 0.3 is 0 Å². The van der Waals surface area contributed by atoms with Crippen molar-refractivity contribution in [1.29, 1.82) is 0 Å². The van der Waals surface area contributed by atoms with Crippen LogP contribution in [0.4, 0.5) is 0 Å². The summed E-state index contributed by atoms with van der Waals surface area (Å²) in [6.45, 7) is 10.5. The van der Waals surface area contributed by atoms with Crippen molar-refractivity contribution in [2.24, 2.45) is 5.41 Å². The maximum Gasteiger partial charge on any atom is 0.233 e. The SMILES string of the molecule is CNC(=O)CN1CCC(NCCC(C)(C)C)CC1. The van der Waals surface area contributed by atoms with Crippen molar-refractivity contribution in [3.63, 3.8) is 0 Å². The number of likely N-dealkylation sites (tertiary alicyclic amines) is 1. The lowest BCUT2D eigenvalue weighted by molar-refractivity contribution is -0.122. The first kappa shape index (κ1) is 15.4. The van der Waals surface area contributed by atoms with Gasteiger partial charge in [0.25, 0.3) is 0 Å². The molecule has 0 saturated carbocycles. The second-order valence-corrected chi connectivity index (χ2v) is 6.49. The molecule has 0 aromatic carbocycles. The van der Waals surface area contributed by atoms with E-state index in [1.807, 2.05) is 0 Å². The Hall–Kier alpha value is -0.610. The average Bonchev–Trinajstić information content (AvgIpc) is 2.29. The fourth-order valence-corrected chi connectivity index (χ4v) is 2.23. The van der Waals surface area contributed by atoms with E-state index >= 15 is 0 Å². The van der Waals surface area contributed by atoms with E-state index in [1.165, 1.54) is 6.42 Å². The third-order valence-corrected chi connectivity index (χ3v) is 3.54. The molecule has 1 rings (SSSR count). The van der Waals surface area contributed by atoms with Crippen LogP contribution in [0.25, 0.3) is 0 Å². The smallest absolute Gasteiger partial charge is 0.233 e. The Morgan fingerprint density at radius 1 is 1.28 bits per heavy atom. The van der Waals surface area contributed by atoms with Crippen molar-refractivity contribution in [2.45, 2.75) is 46.1 Å². The Bertz CT molecular complexity index is 252. The monoisotopic (exact) mass is 255 g/mol. The van der Waals surface area contributed by atoms with Crippen LogP contribution in [0.3, 0.4) is 0 Å². The molecule has 1 aliphatic rings. The molecular formula is C14H29N3O. The minimum atomic E-state index is 0.120. The standard InChI is InChI=1S/C14H29N3O/c1-14(2,3)7-8-16-12-5-9-17(10-6-12)11-13(18)15-4/h12,16H,5-11H2,1-4H3,(H,15,18). The number of piperidine rings is 1. The van der Waals surface area contributed by atoms with E-state index in [-0.39, 0.29) is 5.91 Å². The number of nitrogens with one attached hydrogen (secondary N) is 2. The number of nitrogens with zero attached hydrogens (tertiary/aromatic N) is 1. The van der Waals surface area contributed by atoms with Crippen LogP contribution < -0.4 is 10.6 Å². The molecule has 1 fully saturated rings. The zero-order chi connectivity index (χ0) is 13.6. The number of carbonyl (C=O) groups is 1. The lowest BCUT2D eigenvalue weighted by Gasteiger charge is -2.32. The number of rotatable bonds is 5. The molecule has 0 spiro atoms. The summed E-state index contributed by atoms with van der Waals surface area (Å²) in [6.07, 6.45) is 3.52. The van der Waals surface area contributed by atoms with E-state index in [9.17, 15) is 4.79 Å². The highest BCUT2D eigenvalue weighted by atomic mass is 16.1. The van der Waals surface area contributed by atoms with Crippen LogP contribution >= 0.6 is 0 Å². The summed E-state index contributed by atoms with van der Waals surface area (Å²) < 4.78 is 0. The van der Waals surface area contributed by atoms with Gasteiger partial charge in [-0.1, -0.05) is 20.8 Å². The van der Waals surface area contributed by atoms with Crippen molar-refractivity contribution in [1.82, 2.24) is 15.5 Å². The van der Waals surface area contributed by atoms with E-state index in [2.05, 4.69) is 36.3 Å². The minimum Gasteiger partial charge on any atom is -0.358 e. The van der Waals surface area contributed by atoms with Crippen LogP contribution in [0.15, 0.2) is 0 Å². The number of hydrogen-bond acceptors (Lipinski definition) is 3. The van der Waals surface area contributed by atoms with Gasteiger partial charge < -0.3 is 10.6 Å². The van der Waals surface area contributed by atoms with Crippen molar-refractivity contribution in [2.75, 3.05) is 33.2 Å². The number of likely N-dealkylation sites (N-methyl/N-ethyl adjacent to an activating group) is 1. The van der Waals surface area contributed by atoms with Crippen molar-refractivity contribution in [3.8, 4) is 0 Å². The molecule has 0 aromatic heterocycles. The van der Waals surface area contributed by atoms with Gasteiger partial charge in [-0.05, 0) is 31.2 Å². The quantitative estimate of drug-likeness (QED) is 0.776. The highest BCUT2D eigenvalue weighted by molar-refractivity contribution is 5.77. The molecular weight excluding hydrogens is 226 g/mol. The number of hydrogen-bond donors (Lipinski definition) is 2. The first-order chi connectivity index (χ1) is 8.40. The van der Waals surface area contributed by atoms with E-state index in [1.54, 1.807) is 7.05 Å². The first-order valence-electron chi connectivity index (χ1n) is 7.07. The van der Waals surface area contributed by atoms with Gasteiger partial charge in [-0.25, -0.2) is 0 Å². The predicted molar refractivity (Wildman–Crippen MR) is 75.6 cm³/mol. The third-order valence-electron chi connectivity index (χ3n) is 3.54. The molecule has 4 heteroatoms. The van der Waals surface area contributed by atoms with Gasteiger partial charge in [0.1, 0.15) is 0 Å². The Morgan fingerprint density at radius 2 is 1.89 bits per heavy atom. The molecule has 0 unspecified atom stereocenters. The molecule has 0 radical (unpaired) electrons. The van der Waals surface area contributed by atoms with Crippen LogP contribution in [0.5, 0.6) is 0 Å². The summed E-state index contributed by atoms with van der Waals surface area (Å²) >= 11 is 0. The van der Waals surface area contributed by atoms with E-state index in [4.69, 9.17) is 0 Å². The van der Waals surface area contributed by atoms with Crippen LogP contribution in [0.2, 0.25) is 0 Å². The third kappa shape index (κ3) is 6.36. The Morgan fingerprint density at radius 3 is 2.39 bits per heavy atom. The minimum absolute atomic E-state index is 0.120. The van der Waals surface area contributed by atoms with Crippen LogP contribution in [0.1, 0.15) is 40.0 Å². The summed E-state index contributed by atoms with van der Waals surface area (Å²) in [4.78, 5) is 13.5. The maximum absolute atomic E-state index is 11.3. The van der Waals surface area contributed by atoms with E-state index < -0.39 is 0 Å². The predicted octanol–water partition coefficient (Wildman–Crippen LogP) is 1.22. The van der Waals surface area contributed by atoms with E-state index in [0.29, 0.717) is 18.0 Å². The summed E-state index contributed by atoms with van der Waals surface area (Å²) in [5.41, 5.74) is 0.410. The zero-order valence-electron chi connectivity index (χ0n) is 12.4. The largest absolute Gasteiger partial charge is 0.358 e. The average molecular weight is 255 g/mol. The lowest BCUT2D eigenvalue weighted by atomic mass is 9.92. The molecule has 1 saturated heterocycles. The molecule has 0 aromatic rings. The summed E-state index contributed by atoms with van der Waals surface area (Å²) in [5, 5.41) is 6.32. The van der Waals surface area contributed by atoms with Crippen molar-refractivity contribution in [3.05, 3.63) is 0 Å². The first-order valence-corrected chi connectivity index (χ1v) is 7.07. The molecule has 0 aliphatic carbocycles. The number of carbonyl (C=O) groups excluding carboxylic acids is 1. The normalized spacial score (nSPS) is 18.9. The van der Waals surface area contributed by atoms with E-state index in [0.717, 1.165) is 32.5 Å².